The van der Waals surface area contributed by atoms with E-state index in [1.54, 1.807) is 0 Å². The van der Waals surface area contributed by atoms with Crippen molar-refractivity contribution in [3.05, 3.63) is 35.9 Å². The molecule has 1 fully saturated rings. The van der Waals surface area contributed by atoms with E-state index in [1.807, 2.05) is 30.3 Å². The Hall–Kier alpha value is -1.82. The molecule has 1 amide bonds. The van der Waals surface area contributed by atoms with Gasteiger partial charge in [0.25, 0.3) is 0 Å². The molecule has 2 atom stereocenters. The lowest BCUT2D eigenvalue weighted by atomic mass is 9.97. The minimum absolute atomic E-state index is 0.00807. The fourth-order valence-corrected chi connectivity index (χ4v) is 3.72. The largest absolute Gasteiger partial charge is 0.459 e. The quantitative estimate of drug-likeness (QED) is 0.796. The summed E-state index contributed by atoms with van der Waals surface area (Å²) >= 11 is 1.17. The van der Waals surface area contributed by atoms with Crippen molar-refractivity contribution in [1.29, 1.82) is 0 Å². The van der Waals surface area contributed by atoms with Crippen LogP contribution in [0.1, 0.15) is 51.0 Å². The van der Waals surface area contributed by atoms with Crippen LogP contribution in [0.5, 0.6) is 0 Å². The predicted molar refractivity (Wildman–Crippen MR) is 102 cm³/mol. The summed E-state index contributed by atoms with van der Waals surface area (Å²) in [6.45, 7) is 1.71. The van der Waals surface area contributed by atoms with Gasteiger partial charge < -0.3 is 10.1 Å². The zero-order valence-electron chi connectivity index (χ0n) is 15.2. The highest BCUT2D eigenvalue weighted by atomic mass is 32.2. The fourth-order valence-electron chi connectivity index (χ4n) is 2.97. The van der Waals surface area contributed by atoms with Gasteiger partial charge >= 0.3 is 5.97 Å². The number of hydrogen-bond donors (Lipinski definition) is 1. The maximum Gasteiger partial charge on any atom is 0.328 e. The molecule has 0 aromatic heterocycles. The van der Waals surface area contributed by atoms with Crippen molar-refractivity contribution in [3.63, 3.8) is 0 Å². The molecule has 1 N–H and O–H groups in total. The highest BCUT2D eigenvalue weighted by molar-refractivity contribution is 8.13. The van der Waals surface area contributed by atoms with Crippen molar-refractivity contribution in [3.8, 4) is 0 Å². The Morgan fingerprint density at radius 3 is 2.50 bits per heavy atom. The highest BCUT2D eigenvalue weighted by Crippen LogP contribution is 2.20. The third-order valence-corrected chi connectivity index (χ3v) is 5.45. The van der Waals surface area contributed by atoms with Crippen LogP contribution in [0.3, 0.4) is 0 Å². The molecule has 0 saturated carbocycles. The summed E-state index contributed by atoms with van der Waals surface area (Å²) in [5.74, 6) is -0.318. The summed E-state index contributed by atoms with van der Waals surface area (Å²) in [5.41, 5.74) is 0.919. The summed E-state index contributed by atoms with van der Waals surface area (Å²) in [5, 5.41) is 2.87. The van der Waals surface area contributed by atoms with Gasteiger partial charge in [-0.1, -0.05) is 67.8 Å². The normalized spacial score (nSPS) is 21.5. The van der Waals surface area contributed by atoms with Gasteiger partial charge in [0.05, 0.1) is 0 Å². The Bertz CT molecular complexity index is 605. The number of benzene rings is 1. The highest BCUT2D eigenvalue weighted by Gasteiger charge is 2.27. The Morgan fingerprint density at radius 2 is 1.81 bits per heavy atom. The molecule has 142 valence electrons. The van der Waals surface area contributed by atoms with Crippen LogP contribution in [0.2, 0.25) is 0 Å². The van der Waals surface area contributed by atoms with E-state index in [9.17, 15) is 14.4 Å². The lowest BCUT2D eigenvalue weighted by Crippen LogP contribution is -2.45. The molecule has 26 heavy (non-hydrogen) atoms. The number of hydrogen-bond acceptors (Lipinski definition) is 5. The Morgan fingerprint density at radius 1 is 1.12 bits per heavy atom. The fraction of sp³-hybridized carbons (Fsp3) is 0.550. The Kier molecular flexibility index (Phi) is 8.68. The average Bonchev–Trinajstić information content (AvgIpc) is 2.64. The van der Waals surface area contributed by atoms with E-state index in [0.29, 0.717) is 12.2 Å². The van der Waals surface area contributed by atoms with E-state index < -0.39 is 6.04 Å². The van der Waals surface area contributed by atoms with Gasteiger partial charge in [-0.15, -0.1) is 0 Å². The van der Waals surface area contributed by atoms with Gasteiger partial charge in [0.2, 0.25) is 5.91 Å². The number of thioether (sulfide) groups is 1. The second-order valence-electron chi connectivity index (χ2n) is 6.65. The van der Waals surface area contributed by atoms with Crippen molar-refractivity contribution >= 4 is 28.8 Å². The number of rotatable bonds is 5. The number of esters is 1. The lowest BCUT2D eigenvalue weighted by molar-refractivity contribution is -0.149. The van der Waals surface area contributed by atoms with Gasteiger partial charge in [0.1, 0.15) is 12.6 Å². The number of nitrogens with one attached hydrogen (secondary N) is 1. The number of carbonyl (C=O) groups excluding carboxylic acids is 3. The Balaban J connectivity index is 1.94. The third kappa shape index (κ3) is 7.20. The standard InChI is InChI=1S/C20H27NO4S/c1-15(22)26-14-17-11-7-2-3-8-12-18(21-19(17)23)20(24)25-13-16-9-5-4-6-10-16/h4-6,9-10,17-18H,2-3,7-8,11-14H2,1H3,(H,21,23)/t17-,18-/m1/s1. The first-order valence-electron chi connectivity index (χ1n) is 9.20. The van der Waals surface area contributed by atoms with Crippen LogP contribution < -0.4 is 5.32 Å². The van der Waals surface area contributed by atoms with Crippen LogP contribution in [-0.4, -0.2) is 28.8 Å². The van der Waals surface area contributed by atoms with E-state index in [0.717, 1.165) is 37.7 Å². The minimum atomic E-state index is -0.617. The Labute approximate surface area is 159 Å². The first kappa shape index (κ1) is 20.5. The zero-order chi connectivity index (χ0) is 18.8. The van der Waals surface area contributed by atoms with Gasteiger partial charge in [-0.2, -0.15) is 0 Å². The smallest absolute Gasteiger partial charge is 0.328 e. The van der Waals surface area contributed by atoms with Crippen molar-refractivity contribution in [1.82, 2.24) is 5.32 Å². The first-order chi connectivity index (χ1) is 12.6. The topological polar surface area (TPSA) is 72.5 Å². The number of carbonyl (C=O) groups is 3. The van der Waals surface area contributed by atoms with Gasteiger partial charge in [-0.3, -0.25) is 9.59 Å². The van der Waals surface area contributed by atoms with E-state index >= 15 is 0 Å². The van der Waals surface area contributed by atoms with E-state index in [1.165, 1.54) is 18.7 Å². The van der Waals surface area contributed by atoms with Gasteiger partial charge in [0, 0.05) is 18.6 Å². The molecule has 2 rings (SSSR count). The molecule has 0 spiro atoms. The van der Waals surface area contributed by atoms with Crippen molar-refractivity contribution < 1.29 is 19.1 Å². The molecule has 1 heterocycles. The molecule has 6 heteroatoms. The molecule has 0 bridgehead atoms. The van der Waals surface area contributed by atoms with Crippen LogP contribution in [0.25, 0.3) is 0 Å². The van der Waals surface area contributed by atoms with Crippen LogP contribution >= 0.6 is 11.8 Å². The molecule has 1 aliphatic heterocycles. The lowest BCUT2D eigenvalue weighted by Gasteiger charge is -2.23. The average molecular weight is 378 g/mol. The molecule has 0 radical (unpaired) electrons. The van der Waals surface area contributed by atoms with E-state index in [-0.39, 0.29) is 29.5 Å². The van der Waals surface area contributed by atoms with E-state index in [2.05, 4.69) is 5.32 Å². The van der Waals surface area contributed by atoms with Crippen LogP contribution in [0.15, 0.2) is 30.3 Å². The molecular formula is C20H27NO4S. The van der Waals surface area contributed by atoms with Gasteiger partial charge in [-0.05, 0) is 18.4 Å². The second kappa shape index (κ2) is 11.0. The van der Waals surface area contributed by atoms with Crippen molar-refractivity contribution in [2.45, 2.75) is 58.1 Å². The van der Waals surface area contributed by atoms with E-state index in [4.69, 9.17) is 4.74 Å². The zero-order valence-corrected chi connectivity index (χ0v) is 16.1. The van der Waals surface area contributed by atoms with Crippen LogP contribution in [0.4, 0.5) is 0 Å². The molecule has 1 aromatic carbocycles. The van der Waals surface area contributed by atoms with Gasteiger partial charge in [-0.25, -0.2) is 4.79 Å². The summed E-state index contributed by atoms with van der Waals surface area (Å²) in [4.78, 5) is 36.3. The summed E-state index contributed by atoms with van der Waals surface area (Å²) < 4.78 is 5.40. The maximum atomic E-state index is 12.6. The van der Waals surface area contributed by atoms with Gasteiger partial charge in [0.15, 0.2) is 5.12 Å². The molecule has 0 aliphatic carbocycles. The molecule has 1 aromatic rings. The van der Waals surface area contributed by atoms with Crippen molar-refractivity contribution in [2.24, 2.45) is 5.92 Å². The molecule has 0 unspecified atom stereocenters. The monoisotopic (exact) mass is 377 g/mol. The number of ether oxygens (including phenoxy) is 1. The summed E-state index contributed by atoms with van der Waals surface area (Å²) in [7, 11) is 0. The number of amides is 1. The van der Waals surface area contributed by atoms with Crippen LogP contribution in [0, 0.1) is 5.92 Å². The maximum absolute atomic E-state index is 12.6. The molecule has 5 nitrogen and oxygen atoms in total. The molecule has 1 saturated heterocycles. The third-order valence-electron chi connectivity index (χ3n) is 4.48. The first-order valence-corrected chi connectivity index (χ1v) is 10.2. The molecular weight excluding hydrogens is 350 g/mol. The molecule has 1 aliphatic rings. The summed E-state index contributed by atoms with van der Waals surface area (Å²) in [6.07, 6.45) is 5.27. The van der Waals surface area contributed by atoms with Crippen LogP contribution in [-0.2, 0) is 25.7 Å². The SMILES string of the molecule is CC(=O)SC[C@H]1CCCCCC[C@H](C(=O)OCc2ccccc2)NC1=O. The predicted octanol–water partition coefficient (Wildman–Crippen LogP) is 3.46. The second-order valence-corrected chi connectivity index (χ2v) is 7.84. The van der Waals surface area contributed by atoms with Crippen molar-refractivity contribution in [2.75, 3.05) is 5.75 Å². The summed E-state index contributed by atoms with van der Waals surface area (Å²) in [6, 6.07) is 8.88. The minimum Gasteiger partial charge on any atom is -0.459 e.